The van der Waals surface area contributed by atoms with Crippen LogP contribution in [0.15, 0.2) is 0 Å². The Bertz CT molecular complexity index is 794. The molecule has 52 heavy (non-hydrogen) atoms. The van der Waals surface area contributed by atoms with Gasteiger partial charge in [0.1, 0.15) is 13.2 Å². The summed E-state index contributed by atoms with van der Waals surface area (Å²) in [5, 5.41) is 0. The molecule has 0 N–H and O–H groups in total. The summed E-state index contributed by atoms with van der Waals surface area (Å²) in [5.41, 5.74) is 0. The molecule has 1 atom stereocenters. The van der Waals surface area contributed by atoms with Crippen molar-refractivity contribution in [3.8, 4) is 0 Å². The molecule has 0 amide bonds. The predicted octanol–water partition coefficient (Wildman–Crippen LogP) is 14.2. The van der Waals surface area contributed by atoms with Crippen LogP contribution in [0.5, 0.6) is 0 Å². The van der Waals surface area contributed by atoms with E-state index in [-0.39, 0.29) is 31.1 Å². The number of carbonyl (C=O) groups excluding carboxylic acids is 3. The third kappa shape index (κ3) is 39.6. The molecule has 0 aliphatic rings. The first-order valence-electron chi connectivity index (χ1n) is 22.7. The Labute approximate surface area is 323 Å². The van der Waals surface area contributed by atoms with Gasteiger partial charge in [0.15, 0.2) is 6.10 Å². The maximum Gasteiger partial charge on any atom is 0.306 e. The highest BCUT2D eigenvalue weighted by Crippen LogP contribution is 2.16. The monoisotopic (exact) mass is 737 g/mol. The zero-order valence-electron chi connectivity index (χ0n) is 35.4. The van der Waals surface area contributed by atoms with Crippen molar-refractivity contribution >= 4 is 17.9 Å². The van der Waals surface area contributed by atoms with Gasteiger partial charge in [0.2, 0.25) is 0 Å². The van der Waals surface area contributed by atoms with E-state index in [1.807, 2.05) is 0 Å². The normalized spacial score (nSPS) is 12.1. The van der Waals surface area contributed by atoms with Gasteiger partial charge in [-0.15, -0.1) is 0 Å². The largest absolute Gasteiger partial charge is 0.462 e. The van der Waals surface area contributed by atoms with Crippen LogP contribution >= 0.6 is 0 Å². The van der Waals surface area contributed by atoms with E-state index in [2.05, 4.69) is 34.6 Å². The van der Waals surface area contributed by atoms with E-state index in [1.54, 1.807) is 0 Å². The summed E-state index contributed by atoms with van der Waals surface area (Å²) in [6.45, 7) is 11.3. The maximum atomic E-state index is 12.7. The average molecular weight is 737 g/mol. The molecule has 0 aromatic heterocycles. The van der Waals surface area contributed by atoms with Gasteiger partial charge >= 0.3 is 17.9 Å². The van der Waals surface area contributed by atoms with Crippen molar-refractivity contribution in [1.29, 1.82) is 0 Å². The van der Waals surface area contributed by atoms with Crippen LogP contribution in [-0.4, -0.2) is 37.2 Å². The van der Waals surface area contributed by atoms with Crippen LogP contribution in [0.25, 0.3) is 0 Å². The standard InChI is InChI=1S/C46H88O6/c1-6-7-8-9-10-11-12-15-21-26-31-36-44(47)50-39-43(40-51-45(48)37-32-27-22-18-17-20-25-30-35-42(4)5)52-46(49)38-33-28-23-16-13-14-19-24-29-34-41(2)3/h41-43H,6-40H2,1-5H3/t43-/m0/s1. The molecule has 0 aliphatic carbocycles. The Hall–Kier alpha value is -1.59. The molecule has 0 heterocycles. The lowest BCUT2D eigenvalue weighted by atomic mass is 10.0. The van der Waals surface area contributed by atoms with Gasteiger partial charge in [0, 0.05) is 19.3 Å². The van der Waals surface area contributed by atoms with Crippen molar-refractivity contribution in [2.75, 3.05) is 13.2 Å². The van der Waals surface area contributed by atoms with Crippen LogP contribution in [-0.2, 0) is 28.6 Å². The minimum Gasteiger partial charge on any atom is -0.462 e. The molecule has 0 saturated heterocycles. The summed E-state index contributed by atoms with van der Waals surface area (Å²) in [7, 11) is 0. The van der Waals surface area contributed by atoms with Crippen molar-refractivity contribution in [2.24, 2.45) is 11.8 Å². The Morgan fingerprint density at radius 2 is 0.635 bits per heavy atom. The van der Waals surface area contributed by atoms with Gasteiger partial charge < -0.3 is 14.2 Å². The second kappa shape index (κ2) is 39.1. The number of ether oxygens (including phenoxy) is 3. The number of carbonyl (C=O) groups is 3. The smallest absolute Gasteiger partial charge is 0.306 e. The Morgan fingerprint density at radius 1 is 0.365 bits per heavy atom. The summed E-state index contributed by atoms with van der Waals surface area (Å²) in [6.07, 6.45) is 36.6. The predicted molar refractivity (Wildman–Crippen MR) is 220 cm³/mol. The van der Waals surface area contributed by atoms with Crippen LogP contribution in [0.3, 0.4) is 0 Å². The lowest BCUT2D eigenvalue weighted by Gasteiger charge is -2.18. The Kier molecular flexibility index (Phi) is 37.9. The third-order valence-corrected chi connectivity index (χ3v) is 10.2. The molecule has 0 fully saturated rings. The maximum absolute atomic E-state index is 12.7. The molecule has 0 saturated carbocycles. The first-order valence-corrected chi connectivity index (χ1v) is 22.7. The fourth-order valence-electron chi connectivity index (χ4n) is 6.75. The second-order valence-electron chi connectivity index (χ2n) is 16.6. The first kappa shape index (κ1) is 50.4. The molecule has 0 bridgehead atoms. The van der Waals surface area contributed by atoms with Gasteiger partial charge in [-0.1, -0.05) is 208 Å². The van der Waals surface area contributed by atoms with Gasteiger partial charge in [0.05, 0.1) is 0 Å². The summed E-state index contributed by atoms with van der Waals surface area (Å²) in [5.74, 6) is 0.742. The number of hydrogen-bond donors (Lipinski definition) is 0. The lowest BCUT2D eigenvalue weighted by Crippen LogP contribution is -2.30. The molecule has 0 aromatic rings. The average Bonchev–Trinajstić information content (AvgIpc) is 3.11. The van der Waals surface area contributed by atoms with Crippen molar-refractivity contribution in [1.82, 2.24) is 0 Å². The van der Waals surface area contributed by atoms with E-state index < -0.39 is 6.10 Å². The summed E-state index contributed by atoms with van der Waals surface area (Å²) < 4.78 is 16.7. The van der Waals surface area contributed by atoms with Crippen molar-refractivity contribution in [2.45, 2.75) is 253 Å². The van der Waals surface area contributed by atoms with Crippen LogP contribution in [0.1, 0.15) is 247 Å². The molecule has 0 unspecified atom stereocenters. The number of hydrogen-bond acceptors (Lipinski definition) is 6. The summed E-state index contributed by atoms with van der Waals surface area (Å²) in [6, 6.07) is 0. The van der Waals surface area contributed by atoms with Gasteiger partial charge in [-0.25, -0.2) is 0 Å². The molecular formula is C46H88O6. The summed E-state index contributed by atoms with van der Waals surface area (Å²) in [4.78, 5) is 37.7. The highest BCUT2D eigenvalue weighted by Gasteiger charge is 2.19. The quantitative estimate of drug-likeness (QED) is 0.0354. The van der Waals surface area contributed by atoms with E-state index >= 15 is 0 Å². The highest BCUT2D eigenvalue weighted by molar-refractivity contribution is 5.71. The zero-order valence-corrected chi connectivity index (χ0v) is 35.4. The molecule has 0 radical (unpaired) electrons. The fraction of sp³-hybridized carbons (Fsp3) is 0.935. The van der Waals surface area contributed by atoms with Gasteiger partial charge in [-0.3, -0.25) is 14.4 Å². The van der Waals surface area contributed by atoms with Crippen LogP contribution in [0.4, 0.5) is 0 Å². The van der Waals surface area contributed by atoms with E-state index in [9.17, 15) is 14.4 Å². The summed E-state index contributed by atoms with van der Waals surface area (Å²) >= 11 is 0. The van der Waals surface area contributed by atoms with Crippen LogP contribution < -0.4 is 0 Å². The van der Waals surface area contributed by atoms with Gasteiger partial charge in [0.25, 0.3) is 0 Å². The van der Waals surface area contributed by atoms with Crippen molar-refractivity contribution in [3.05, 3.63) is 0 Å². The molecule has 0 aromatic carbocycles. The third-order valence-electron chi connectivity index (χ3n) is 10.2. The first-order chi connectivity index (χ1) is 25.2. The van der Waals surface area contributed by atoms with E-state index in [1.165, 1.54) is 135 Å². The minimum absolute atomic E-state index is 0.0653. The Morgan fingerprint density at radius 3 is 0.942 bits per heavy atom. The number of rotatable bonds is 40. The SMILES string of the molecule is CCCCCCCCCCCCCC(=O)OC[C@@H](COC(=O)CCCCCCCCCCC(C)C)OC(=O)CCCCCCCCCCCC(C)C. The molecule has 0 aliphatic heterocycles. The molecule has 0 spiro atoms. The minimum atomic E-state index is -0.760. The van der Waals surface area contributed by atoms with Gasteiger partial charge in [-0.2, -0.15) is 0 Å². The molecule has 0 rings (SSSR count). The van der Waals surface area contributed by atoms with Crippen LogP contribution in [0.2, 0.25) is 0 Å². The number of unbranched alkanes of at least 4 members (excludes halogenated alkanes) is 25. The van der Waals surface area contributed by atoms with Crippen LogP contribution in [0, 0.1) is 11.8 Å². The van der Waals surface area contributed by atoms with Crippen molar-refractivity contribution in [3.63, 3.8) is 0 Å². The lowest BCUT2D eigenvalue weighted by molar-refractivity contribution is -0.167. The molecular weight excluding hydrogens is 648 g/mol. The zero-order chi connectivity index (χ0) is 38.3. The molecule has 6 heteroatoms. The number of esters is 3. The topological polar surface area (TPSA) is 78.9 Å². The highest BCUT2D eigenvalue weighted by atomic mass is 16.6. The molecule has 308 valence electrons. The second-order valence-corrected chi connectivity index (χ2v) is 16.6. The van der Waals surface area contributed by atoms with Crippen molar-refractivity contribution < 1.29 is 28.6 Å². The van der Waals surface area contributed by atoms with E-state index in [0.29, 0.717) is 19.3 Å². The van der Waals surface area contributed by atoms with E-state index in [4.69, 9.17) is 14.2 Å². The van der Waals surface area contributed by atoms with E-state index in [0.717, 1.165) is 69.6 Å². The molecule has 6 nitrogen and oxygen atoms in total. The fourth-order valence-corrected chi connectivity index (χ4v) is 6.75. The van der Waals surface area contributed by atoms with Gasteiger partial charge in [-0.05, 0) is 31.1 Å². The Balaban J connectivity index is 4.35.